The molecule has 4 amide bonds. The molecule has 6 unspecified atom stereocenters. The van der Waals surface area contributed by atoms with Gasteiger partial charge >= 0.3 is 11.4 Å². The van der Waals surface area contributed by atoms with Crippen LogP contribution in [0.25, 0.3) is 31.4 Å². The van der Waals surface area contributed by atoms with Crippen molar-refractivity contribution in [2.24, 2.45) is 36.1 Å². The van der Waals surface area contributed by atoms with Crippen LogP contribution in [0.5, 0.6) is 5.75 Å². The summed E-state index contributed by atoms with van der Waals surface area (Å²) in [4.78, 5) is 86.8. The molecule has 64 heavy (non-hydrogen) atoms. The van der Waals surface area contributed by atoms with Gasteiger partial charge in [-0.2, -0.15) is 5.10 Å². The second-order valence-electron chi connectivity index (χ2n) is 17.3. The van der Waals surface area contributed by atoms with Crippen molar-refractivity contribution in [3.63, 3.8) is 0 Å². The van der Waals surface area contributed by atoms with Gasteiger partial charge in [0, 0.05) is 65.9 Å². The number of nitro benzene ring substituents is 2. The van der Waals surface area contributed by atoms with E-state index in [9.17, 15) is 34.9 Å². The summed E-state index contributed by atoms with van der Waals surface area (Å²) in [5.74, 6) is -7.25. The van der Waals surface area contributed by atoms with Crippen LogP contribution in [-0.4, -0.2) is 62.5 Å². The molecule has 4 heterocycles. The van der Waals surface area contributed by atoms with Gasteiger partial charge in [-0.1, -0.05) is 59.6 Å². The van der Waals surface area contributed by atoms with Crippen molar-refractivity contribution in [3.8, 4) is 16.3 Å². The summed E-state index contributed by atoms with van der Waals surface area (Å²) in [6, 6.07) is 20.1. The van der Waals surface area contributed by atoms with Crippen molar-refractivity contribution in [3.05, 3.63) is 121 Å². The van der Waals surface area contributed by atoms with E-state index in [1.807, 2.05) is 49.4 Å². The third-order valence-electron chi connectivity index (χ3n) is 13.9. The molecular formula is C46H38ClN7O9S. The number of fused-ring (bicyclic) bond motifs is 6. The molecule has 0 spiro atoms. The third kappa shape index (κ3) is 5.62. The lowest BCUT2D eigenvalue weighted by Gasteiger charge is -2.49. The number of carbonyl (C=O) groups excluding carboxylic acids is 4. The monoisotopic (exact) mass is 899 g/mol. The molecule has 4 aromatic carbocycles. The minimum atomic E-state index is -1.50. The van der Waals surface area contributed by atoms with Gasteiger partial charge in [0.15, 0.2) is 5.69 Å². The quantitative estimate of drug-likeness (QED) is 0.0697. The van der Waals surface area contributed by atoms with Crippen molar-refractivity contribution in [2.45, 2.75) is 32.6 Å². The van der Waals surface area contributed by atoms with Crippen molar-refractivity contribution < 1.29 is 34.1 Å². The summed E-state index contributed by atoms with van der Waals surface area (Å²) in [5, 5.41) is 44.3. The molecule has 2 aliphatic carbocycles. The molecule has 324 valence electrons. The minimum absolute atomic E-state index is 0.0248. The van der Waals surface area contributed by atoms with Crippen LogP contribution in [0.1, 0.15) is 36.8 Å². The highest BCUT2D eigenvalue weighted by molar-refractivity contribution is 7.22. The average molecular weight is 900 g/mol. The van der Waals surface area contributed by atoms with E-state index in [4.69, 9.17) is 16.7 Å². The number of amides is 4. The Hall–Kier alpha value is -6.98. The zero-order valence-corrected chi connectivity index (χ0v) is 36.5. The normalized spacial score (nSPS) is 24.0. The lowest BCUT2D eigenvalue weighted by molar-refractivity contribution is -0.392. The van der Waals surface area contributed by atoms with Crippen LogP contribution in [-0.2, 0) is 26.2 Å². The van der Waals surface area contributed by atoms with Crippen molar-refractivity contribution in [1.82, 2.24) is 9.78 Å². The van der Waals surface area contributed by atoms with Gasteiger partial charge in [0.2, 0.25) is 23.6 Å². The average Bonchev–Trinajstić information content (AvgIpc) is 3.93. The highest BCUT2D eigenvalue weighted by Gasteiger charge is 2.68. The van der Waals surface area contributed by atoms with Crippen LogP contribution in [0, 0.1) is 56.2 Å². The number of aromatic hydroxyl groups is 1. The number of aromatic nitrogens is 2. The first-order valence-electron chi connectivity index (χ1n) is 20.5. The molecule has 4 aliphatic rings. The fraction of sp³-hybridized carbons (Fsp3) is 0.283. The van der Waals surface area contributed by atoms with Crippen molar-refractivity contribution in [1.29, 1.82) is 0 Å². The van der Waals surface area contributed by atoms with E-state index in [2.05, 4.69) is 0 Å². The van der Waals surface area contributed by atoms with Crippen molar-refractivity contribution in [2.75, 3.05) is 28.8 Å². The predicted molar refractivity (Wildman–Crippen MR) is 241 cm³/mol. The summed E-state index contributed by atoms with van der Waals surface area (Å²) in [6.45, 7) is 3.68. The van der Waals surface area contributed by atoms with E-state index in [-0.39, 0.29) is 35.8 Å². The molecule has 6 atom stereocenters. The number of hydrogen-bond acceptors (Lipinski definition) is 12. The molecule has 18 heteroatoms. The minimum Gasteiger partial charge on any atom is -0.507 e. The second-order valence-corrected chi connectivity index (χ2v) is 18.8. The lowest BCUT2D eigenvalue weighted by Crippen LogP contribution is -2.49. The number of thiophene rings is 1. The number of halogens is 1. The number of hydrogen-bond donors (Lipinski definition) is 1. The van der Waals surface area contributed by atoms with Gasteiger partial charge in [0.1, 0.15) is 17.3 Å². The van der Waals surface area contributed by atoms with Gasteiger partial charge in [0.25, 0.3) is 0 Å². The maximum Gasteiger partial charge on any atom is 0.301 e. The zero-order chi connectivity index (χ0) is 45.4. The molecule has 1 N–H and O–H groups in total. The standard InChI is InChI=1S/C46H38ClN7O9S/c1-21-29-16-23(47)11-15-35(29)64-41(21)32-20-36(50(5)48-32)52-43(57)31-19-30-26(38(46(31,2)45(52)59)28-12-10-22-8-6-7-9-25(22)40(28)55)13-14-27-37(30)44(58)51(42(27)56)24-17-33(53(60)61)39(49(3)4)34(18-24)54(62)63/h6-13,15-18,20,27,30-31,37-38,55H,14,19H2,1-5H3. The van der Waals surface area contributed by atoms with E-state index in [0.29, 0.717) is 27.2 Å². The number of imide groups is 2. The first-order valence-corrected chi connectivity index (χ1v) is 21.7. The van der Waals surface area contributed by atoms with E-state index >= 15 is 9.59 Å². The van der Waals surface area contributed by atoms with Crippen LogP contribution in [0.4, 0.5) is 28.6 Å². The fourth-order valence-electron chi connectivity index (χ4n) is 11.0. The molecule has 16 nitrogen and oxygen atoms in total. The predicted octanol–water partition coefficient (Wildman–Crippen LogP) is 8.44. The SMILES string of the molecule is Cc1c(-c2cc(N3C(=O)C4CC5C(=CCC6C(=O)N(c7cc([N+](=O)[O-])c(N(C)C)c([N+](=O)[O-])c7)C(=O)C65)C(c5ccc6ccccc6c5O)C4(C)C3=O)n(C)n2)sc2ccc(Cl)cc12. The number of benzene rings is 4. The summed E-state index contributed by atoms with van der Waals surface area (Å²) in [5.41, 5.74) is -1.00. The highest BCUT2D eigenvalue weighted by atomic mass is 35.5. The van der Waals surface area contributed by atoms with E-state index in [1.54, 1.807) is 38.2 Å². The number of aryl methyl sites for hydroxylation is 2. The summed E-state index contributed by atoms with van der Waals surface area (Å²) >= 11 is 7.84. The van der Waals surface area contributed by atoms with Crippen molar-refractivity contribution >= 4 is 96.0 Å². The summed E-state index contributed by atoms with van der Waals surface area (Å²) < 4.78 is 2.48. The Kier molecular flexibility index (Phi) is 9.15. The molecule has 3 fully saturated rings. The number of rotatable bonds is 7. The third-order valence-corrected chi connectivity index (χ3v) is 15.4. The Morgan fingerprint density at radius 1 is 0.891 bits per heavy atom. The molecule has 6 aromatic rings. The van der Waals surface area contributed by atoms with Crippen LogP contribution in [0.15, 0.2) is 84.4 Å². The summed E-state index contributed by atoms with van der Waals surface area (Å²) in [7, 11) is 4.48. The summed E-state index contributed by atoms with van der Waals surface area (Å²) in [6.07, 6.45) is 1.82. The Morgan fingerprint density at radius 3 is 2.28 bits per heavy atom. The van der Waals surface area contributed by atoms with Crippen LogP contribution >= 0.6 is 22.9 Å². The van der Waals surface area contributed by atoms with Crippen LogP contribution in [0.3, 0.4) is 0 Å². The van der Waals surface area contributed by atoms with Crippen LogP contribution in [0.2, 0.25) is 5.02 Å². The van der Waals surface area contributed by atoms with E-state index in [0.717, 1.165) is 47.8 Å². The Bertz CT molecular complexity index is 3140. The zero-order valence-electron chi connectivity index (χ0n) is 34.9. The van der Waals surface area contributed by atoms with Gasteiger partial charge in [-0.3, -0.25) is 44.1 Å². The maximum absolute atomic E-state index is 15.4. The van der Waals surface area contributed by atoms with E-state index in [1.165, 1.54) is 35.0 Å². The lowest BCUT2D eigenvalue weighted by atomic mass is 9.51. The second kappa shape index (κ2) is 14.3. The first kappa shape index (κ1) is 41.1. The number of allylic oxidation sites excluding steroid dienone is 2. The number of phenols is 1. The van der Waals surface area contributed by atoms with Gasteiger partial charge in [-0.15, -0.1) is 11.3 Å². The first-order chi connectivity index (χ1) is 30.4. The molecule has 0 bridgehead atoms. The molecule has 1 saturated carbocycles. The number of phenolic OH excluding ortho intramolecular Hbond substituents is 1. The number of nitro groups is 2. The molecular weight excluding hydrogens is 862 g/mol. The Labute approximate surface area is 373 Å². The maximum atomic E-state index is 15.4. The molecule has 0 radical (unpaired) electrons. The highest BCUT2D eigenvalue weighted by Crippen LogP contribution is 2.65. The molecule has 10 rings (SSSR count). The Morgan fingerprint density at radius 2 is 1.59 bits per heavy atom. The number of anilines is 3. The van der Waals surface area contributed by atoms with Gasteiger partial charge < -0.3 is 10.0 Å². The van der Waals surface area contributed by atoms with E-state index < -0.39 is 79.9 Å². The molecule has 2 aromatic heterocycles. The molecule has 2 saturated heterocycles. The number of carbonyl (C=O) groups is 4. The smallest absolute Gasteiger partial charge is 0.301 e. The van der Waals surface area contributed by atoms with Gasteiger partial charge in [0.05, 0.1) is 43.6 Å². The largest absolute Gasteiger partial charge is 0.507 e. The fourth-order valence-corrected chi connectivity index (χ4v) is 12.3. The number of nitrogens with zero attached hydrogens (tertiary/aromatic N) is 7. The van der Waals surface area contributed by atoms with Gasteiger partial charge in [-0.25, -0.2) is 9.80 Å². The Balaban J connectivity index is 1.10. The van der Waals surface area contributed by atoms with Crippen LogP contribution < -0.4 is 14.7 Å². The van der Waals surface area contributed by atoms with Gasteiger partial charge in [-0.05, 0) is 67.1 Å². The molecule has 2 aliphatic heterocycles. The topological polar surface area (TPSA) is 202 Å².